The van der Waals surface area contributed by atoms with Crippen molar-refractivity contribution in [3.63, 3.8) is 0 Å². The predicted molar refractivity (Wildman–Crippen MR) is 110 cm³/mol. The summed E-state index contributed by atoms with van der Waals surface area (Å²) in [7, 11) is 0. The molecule has 0 N–H and O–H groups in total. The van der Waals surface area contributed by atoms with E-state index < -0.39 is 17.5 Å². The minimum atomic E-state index is -1.35. The van der Waals surface area contributed by atoms with Crippen molar-refractivity contribution in [2.75, 3.05) is 0 Å². The fourth-order valence-electron chi connectivity index (χ4n) is 5.78. The van der Waals surface area contributed by atoms with E-state index in [4.69, 9.17) is 0 Å². The van der Waals surface area contributed by atoms with Gasteiger partial charge in [-0.1, -0.05) is 45.4 Å². The van der Waals surface area contributed by atoms with E-state index in [1.54, 1.807) is 0 Å². The van der Waals surface area contributed by atoms with Gasteiger partial charge in [-0.2, -0.15) is 0 Å². The molecule has 0 aliphatic heterocycles. The molecule has 0 atom stereocenters. The predicted octanol–water partition coefficient (Wildman–Crippen LogP) is 8.69. The second-order valence-corrected chi connectivity index (χ2v) is 9.57. The SMILES string of the molecule is CCCCCC1(CC[C@H]2CC[C@H](c3cc(F)c(F)c(F)c3)CC2)CCCCC1. The van der Waals surface area contributed by atoms with Gasteiger partial charge in [-0.15, -0.1) is 0 Å². The third kappa shape index (κ3) is 5.54. The van der Waals surface area contributed by atoms with E-state index in [0.717, 1.165) is 31.6 Å². The quantitative estimate of drug-likeness (QED) is 0.305. The molecule has 1 aromatic carbocycles. The summed E-state index contributed by atoms with van der Waals surface area (Å²) in [5.74, 6) is -2.53. The Morgan fingerprint density at radius 1 is 0.857 bits per heavy atom. The molecular formula is C25H37F3. The van der Waals surface area contributed by atoms with Crippen LogP contribution in [0.3, 0.4) is 0 Å². The molecule has 2 fully saturated rings. The van der Waals surface area contributed by atoms with E-state index in [1.807, 2.05) is 0 Å². The van der Waals surface area contributed by atoms with Gasteiger partial charge in [0.25, 0.3) is 0 Å². The molecule has 1 aromatic rings. The maximum atomic E-state index is 13.6. The van der Waals surface area contributed by atoms with Gasteiger partial charge in [0, 0.05) is 0 Å². The Kier molecular flexibility index (Phi) is 7.88. The molecule has 2 aliphatic rings. The fraction of sp³-hybridized carbons (Fsp3) is 0.760. The van der Waals surface area contributed by atoms with Crippen LogP contribution >= 0.6 is 0 Å². The summed E-state index contributed by atoms with van der Waals surface area (Å²) in [6.07, 6.45) is 19.4. The molecule has 3 heteroatoms. The van der Waals surface area contributed by atoms with Crippen LogP contribution in [-0.2, 0) is 0 Å². The average molecular weight is 395 g/mol. The maximum Gasteiger partial charge on any atom is 0.194 e. The molecule has 0 unspecified atom stereocenters. The molecule has 2 aliphatic carbocycles. The standard InChI is InChI=1S/C25H37F3/c1-2-3-5-13-25(14-6-4-7-15-25)16-12-19-8-10-20(11-9-19)21-17-22(26)24(28)23(27)18-21/h17-20H,2-16H2,1H3/t19-,20-. The minimum Gasteiger partial charge on any atom is -0.204 e. The number of hydrogen-bond donors (Lipinski definition) is 0. The molecular weight excluding hydrogens is 357 g/mol. The second kappa shape index (κ2) is 10.2. The largest absolute Gasteiger partial charge is 0.204 e. The molecule has 0 radical (unpaired) electrons. The van der Waals surface area contributed by atoms with Crippen LogP contribution < -0.4 is 0 Å². The van der Waals surface area contributed by atoms with Gasteiger partial charge in [0.1, 0.15) is 0 Å². The van der Waals surface area contributed by atoms with Crippen LogP contribution in [0.25, 0.3) is 0 Å². The minimum absolute atomic E-state index is 0.175. The zero-order valence-corrected chi connectivity index (χ0v) is 17.5. The highest BCUT2D eigenvalue weighted by Crippen LogP contribution is 2.47. The van der Waals surface area contributed by atoms with Crippen molar-refractivity contribution in [3.05, 3.63) is 35.1 Å². The Morgan fingerprint density at radius 2 is 1.50 bits per heavy atom. The van der Waals surface area contributed by atoms with Gasteiger partial charge in [-0.25, -0.2) is 13.2 Å². The van der Waals surface area contributed by atoms with Crippen LogP contribution in [0.1, 0.15) is 115 Å². The lowest BCUT2D eigenvalue weighted by atomic mass is 9.66. The van der Waals surface area contributed by atoms with Crippen LogP contribution in [0.5, 0.6) is 0 Å². The lowest BCUT2D eigenvalue weighted by Gasteiger charge is -2.39. The zero-order valence-electron chi connectivity index (χ0n) is 17.5. The molecule has 0 nitrogen and oxygen atoms in total. The van der Waals surface area contributed by atoms with Gasteiger partial charge in [-0.05, 0) is 92.7 Å². The highest BCUT2D eigenvalue weighted by Gasteiger charge is 2.33. The van der Waals surface area contributed by atoms with Crippen molar-refractivity contribution in [2.45, 2.75) is 109 Å². The summed E-state index contributed by atoms with van der Waals surface area (Å²) in [5, 5.41) is 0. The summed E-state index contributed by atoms with van der Waals surface area (Å²) in [6, 6.07) is 2.41. The number of rotatable bonds is 8. The summed E-state index contributed by atoms with van der Waals surface area (Å²) in [4.78, 5) is 0. The highest BCUT2D eigenvalue weighted by molar-refractivity contribution is 5.23. The first-order chi connectivity index (χ1) is 13.5. The van der Waals surface area contributed by atoms with Crippen molar-refractivity contribution >= 4 is 0 Å². The second-order valence-electron chi connectivity index (χ2n) is 9.57. The Labute approximate surface area is 169 Å². The zero-order chi connectivity index (χ0) is 20.0. The normalized spacial score (nSPS) is 25.0. The van der Waals surface area contributed by atoms with Crippen molar-refractivity contribution < 1.29 is 13.2 Å². The fourth-order valence-corrected chi connectivity index (χ4v) is 5.78. The smallest absolute Gasteiger partial charge is 0.194 e. The molecule has 0 heterocycles. The molecule has 0 aromatic heterocycles. The lowest BCUT2D eigenvalue weighted by molar-refractivity contribution is 0.132. The van der Waals surface area contributed by atoms with Gasteiger partial charge >= 0.3 is 0 Å². The van der Waals surface area contributed by atoms with Crippen LogP contribution in [0, 0.1) is 28.8 Å². The van der Waals surface area contributed by atoms with E-state index in [0.29, 0.717) is 11.0 Å². The number of halogens is 3. The van der Waals surface area contributed by atoms with Crippen LogP contribution in [0.4, 0.5) is 13.2 Å². The van der Waals surface area contributed by atoms with Crippen LogP contribution in [0.15, 0.2) is 12.1 Å². The third-order valence-corrected chi connectivity index (χ3v) is 7.63. The van der Waals surface area contributed by atoms with Gasteiger partial charge in [0.2, 0.25) is 0 Å². The average Bonchev–Trinajstić information content (AvgIpc) is 2.71. The Bertz CT molecular complexity index is 587. The van der Waals surface area contributed by atoms with Gasteiger partial charge in [-0.3, -0.25) is 0 Å². The maximum absolute atomic E-state index is 13.6. The van der Waals surface area contributed by atoms with E-state index in [1.165, 1.54) is 82.8 Å². The van der Waals surface area contributed by atoms with Crippen LogP contribution in [-0.4, -0.2) is 0 Å². The lowest BCUT2D eigenvalue weighted by Crippen LogP contribution is -2.26. The molecule has 0 bridgehead atoms. The molecule has 0 amide bonds. The van der Waals surface area contributed by atoms with E-state index in [9.17, 15) is 13.2 Å². The third-order valence-electron chi connectivity index (χ3n) is 7.63. The van der Waals surface area contributed by atoms with Crippen molar-refractivity contribution in [2.24, 2.45) is 11.3 Å². The summed E-state index contributed by atoms with van der Waals surface area (Å²) >= 11 is 0. The number of unbranched alkanes of at least 4 members (excludes halogenated alkanes) is 2. The van der Waals surface area contributed by atoms with Gasteiger partial charge < -0.3 is 0 Å². The van der Waals surface area contributed by atoms with Crippen molar-refractivity contribution in [3.8, 4) is 0 Å². The Balaban J connectivity index is 1.50. The summed E-state index contributed by atoms with van der Waals surface area (Å²) in [6.45, 7) is 2.28. The molecule has 2 saturated carbocycles. The van der Waals surface area contributed by atoms with Gasteiger partial charge in [0.15, 0.2) is 17.5 Å². The van der Waals surface area contributed by atoms with Crippen molar-refractivity contribution in [1.82, 2.24) is 0 Å². The Hall–Kier alpha value is -0.990. The van der Waals surface area contributed by atoms with E-state index in [-0.39, 0.29) is 5.92 Å². The van der Waals surface area contributed by atoms with Gasteiger partial charge in [0.05, 0.1) is 0 Å². The summed E-state index contributed by atoms with van der Waals surface area (Å²) in [5.41, 5.74) is 1.23. The topological polar surface area (TPSA) is 0 Å². The molecule has 0 spiro atoms. The summed E-state index contributed by atoms with van der Waals surface area (Å²) < 4.78 is 40.3. The monoisotopic (exact) mass is 394 g/mol. The van der Waals surface area contributed by atoms with E-state index >= 15 is 0 Å². The molecule has 3 rings (SSSR count). The molecule has 28 heavy (non-hydrogen) atoms. The molecule has 0 saturated heterocycles. The number of benzene rings is 1. The van der Waals surface area contributed by atoms with Crippen LogP contribution in [0.2, 0.25) is 0 Å². The van der Waals surface area contributed by atoms with Crippen molar-refractivity contribution in [1.29, 1.82) is 0 Å². The number of hydrogen-bond acceptors (Lipinski definition) is 0. The first-order valence-corrected chi connectivity index (χ1v) is 11.7. The first-order valence-electron chi connectivity index (χ1n) is 11.7. The Morgan fingerprint density at radius 3 is 2.11 bits per heavy atom. The first kappa shape index (κ1) is 21.7. The molecule has 158 valence electrons. The van der Waals surface area contributed by atoms with E-state index in [2.05, 4.69) is 6.92 Å². The highest BCUT2D eigenvalue weighted by atomic mass is 19.2.